The highest BCUT2D eigenvalue weighted by molar-refractivity contribution is 6.21. The minimum atomic E-state index is -0.613. The van der Waals surface area contributed by atoms with Crippen LogP contribution in [0.4, 0.5) is 4.79 Å². The maximum atomic E-state index is 12.4. The number of amides is 1. The standard InChI is InChI=1S/C18H30N2O4/c1-7-11-20(17(23)24-18(4,5)6)19-13-9-8-10-14(21)15(13)16(22)12(2)3/h12,19H,7-11H2,1-6H3. The van der Waals surface area contributed by atoms with Crippen molar-refractivity contribution < 1.29 is 19.1 Å². The van der Waals surface area contributed by atoms with E-state index in [9.17, 15) is 14.4 Å². The van der Waals surface area contributed by atoms with Crippen molar-refractivity contribution in [2.24, 2.45) is 5.92 Å². The Bertz CT molecular complexity index is 530. The molecule has 0 atom stereocenters. The molecule has 0 spiro atoms. The fraction of sp³-hybridized carbons (Fsp3) is 0.722. The monoisotopic (exact) mass is 338 g/mol. The molecule has 1 amide bonds. The zero-order valence-electron chi connectivity index (χ0n) is 15.7. The highest BCUT2D eigenvalue weighted by Crippen LogP contribution is 2.24. The summed E-state index contributed by atoms with van der Waals surface area (Å²) >= 11 is 0. The SMILES string of the molecule is CCCN(NC1=C(C(=O)C(C)C)C(=O)CCC1)C(=O)OC(C)(C)C. The first-order chi connectivity index (χ1) is 11.1. The normalized spacial score (nSPS) is 15.5. The first-order valence-electron chi connectivity index (χ1n) is 8.64. The second kappa shape index (κ2) is 8.31. The van der Waals surface area contributed by atoms with Gasteiger partial charge in [0, 0.05) is 24.6 Å². The van der Waals surface area contributed by atoms with Gasteiger partial charge < -0.3 is 4.74 Å². The van der Waals surface area contributed by atoms with Crippen molar-refractivity contribution in [2.75, 3.05) is 6.54 Å². The average molecular weight is 338 g/mol. The Morgan fingerprint density at radius 1 is 1.25 bits per heavy atom. The van der Waals surface area contributed by atoms with Crippen molar-refractivity contribution >= 4 is 17.7 Å². The first kappa shape index (κ1) is 20.2. The van der Waals surface area contributed by atoms with Gasteiger partial charge >= 0.3 is 6.09 Å². The van der Waals surface area contributed by atoms with E-state index in [2.05, 4.69) is 5.43 Å². The summed E-state index contributed by atoms with van der Waals surface area (Å²) in [7, 11) is 0. The molecule has 1 rings (SSSR count). The van der Waals surface area contributed by atoms with Crippen molar-refractivity contribution in [3.63, 3.8) is 0 Å². The quantitative estimate of drug-likeness (QED) is 0.593. The van der Waals surface area contributed by atoms with Crippen LogP contribution in [0, 0.1) is 5.92 Å². The third-order valence-corrected chi connectivity index (χ3v) is 3.51. The van der Waals surface area contributed by atoms with Crippen LogP contribution in [0.5, 0.6) is 0 Å². The van der Waals surface area contributed by atoms with E-state index in [4.69, 9.17) is 4.74 Å². The lowest BCUT2D eigenvalue weighted by Gasteiger charge is -2.31. The molecule has 24 heavy (non-hydrogen) atoms. The van der Waals surface area contributed by atoms with Gasteiger partial charge in [-0.3, -0.25) is 15.0 Å². The van der Waals surface area contributed by atoms with Gasteiger partial charge in [0.2, 0.25) is 0 Å². The Balaban J connectivity index is 3.08. The Morgan fingerprint density at radius 2 is 1.88 bits per heavy atom. The lowest BCUT2D eigenvalue weighted by molar-refractivity contribution is -0.123. The molecule has 1 N–H and O–H groups in total. The highest BCUT2D eigenvalue weighted by Gasteiger charge is 2.30. The summed E-state index contributed by atoms with van der Waals surface area (Å²) in [4.78, 5) is 37.0. The molecule has 0 bridgehead atoms. The van der Waals surface area contributed by atoms with Crippen molar-refractivity contribution in [3.05, 3.63) is 11.3 Å². The summed E-state index contributed by atoms with van der Waals surface area (Å²) in [5.74, 6) is -0.592. The Morgan fingerprint density at radius 3 is 2.38 bits per heavy atom. The number of nitrogens with one attached hydrogen (secondary N) is 1. The van der Waals surface area contributed by atoms with Gasteiger partial charge in [0.15, 0.2) is 11.6 Å². The number of Topliss-reactive ketones (excluding diaryl/α,β-unsaturated/α-hetero) is 2. The largest absolute Gasteiger partial charge is 0.442 e. The summed E-state index contributed by atoms with van der Waals surface area (Å²) in [6.45, 7) is 11.3. The van der Waals surface area contributed by atoms with Gasteiger partial charge in [-0.05, 0) is 40.0 Å². The lowest BCUT2D eigenvalue weighted by Crippen LogP contribution is -2.47. The van der Waals surface area contributed by atoms with E-state index in [1.807, 2.05) is 6.92 Å². The van der Waals surface area contributed by atoms with Crippen molar-refractivity contribution in [2.45, 2.75) is 72.8 Å². The second-order valence-corrected chi connectivity index (χ2v) is 7.39. The van der Waals surface area contributed by atoms with Crippen LogP contribution < -0.4 is 5.43 Å². The zero-order chi connectivity index (χ0) is 18.5. The van der Waals surface area contributed by atoms with Crippen LogP contribution in [0.2, 0.25) is 0 Å². The molecule has 0 saturated carbocycles. The lowest BCUT2D eigenvalue weighted by atomic mass is 9.88. The molecule has 0 fully saturated rings. The number of ether oxygens (including phenoxy) is 1. The molecular formula is C18H30N2O4. The van der Waals surface area contributed by atoms with Crippen molar-refractivity contribution in [1.82, 2.24) is 10.4 Å². The molecule has 6 nitrogen and oxygen atoms in total. The number of allylic oxidation sites excluding steroid dienone is 2. The van der Waals surface area contributed by atoms with Crippen LogP contribution >= 0.6 is 0 Å². The molecule has 0 aliphatic heterocycles. The summed E-state index contributed by atoms with van der Waals surface area (Å²) in [5.41, 5.74) is 3.12. The molecule has 0 aromatic carbocycles. The maximum absolute atomic E-state index is 12.4. The molecule has 0 aromatic rings. The third-order valence-electron chi connectivity index (χ3n) is 3.51. The van der Waals surface area contributed by atoms with Gasteiger partial charge in [-0.2, -0.15) is 0 Å². The van der Waals surface area contributed by atoms with Gasteiger partial charge in [-0.25, -0.2) is 9.80 Å². The van der Waals surface area contributed by atoms with Crippen LogP contribution in [0.15, 0.2) is 11.3 Å². The van der Waals surface area contributed by atoms with Crippen molar-refractivity contribution in [3.8, 4) is 0 Å². The molecule has 0 heterocycles. The van der Waals surface area contributed by atoms with Crippen LogP contribution in [-0.4, -0.2) is 34.8 Å². The smallest absolute Gasteiger partial charge is 0.429 e. The van der Waals surface area contributed by atoms with E-state index in [1.54, 1.807) is 34.6 Å². The number of ketones is 2. The summed E-state index contributed by atoms with van der Waals surface area (Å²) < 4.78 is 5.40. The molecule has 0 saturated heterocycles. The maximum Gasteiger partial charge on any atom is 0.429 e. The van der Waals surface area contributed by atoms with Gasteiger partial charge in [-0.15, -0.1) is 0 Å². The molecule has 1 aliphatic rings. The Kier molecular flexibility index (Phi) is 6.99. The second-order valence-electron chi connectivity index (χ2n) is 7.39. The molecule has 1 aliphatic carbocycles. The summed E-state index contributed by atoms with van der Waals surface area (Å²) in [6, 6.07) is 0. The van der Waals surface area contributed by atoms with E-state index in [-0.39, 0.29) is 23.1 Å². The number of carbonyl (C=O) groups excluding carboxylic acids is 3. The van der Waals surface area contributed by atoms with E-state index in [1.165, 1.54) is 5.01 Å². The molecule has 0 aromatic heterocycles. The first-order valence-corrected chi connectivity index (χ1v) is 8.64. The topological polar surface area (TPSA) is 75.7 Å². The zero-order valence-corrected chi connectivity index (χ0v) is 15.7. The van der Waals surface area contributed by atoms with Crippen LogP contribution in [0.25, 0.3) is 0 Å². The van der Waals surface area contributed by atoms with E-state index in [0.717, 1.165) is 6.42 Å². The molecular weight excluding hydrogens is 308 g/mol. The minimum absolute atomic E-state index is 0.150. The molecule has 6 heteroatoms. The number of hydrogen-bond acceptors (Lipinski definition) is 5. The Labute approximate surface area is 144 Å². The van der Waals surface area contributed by atoms with E-state index >= 15 is 0 Å². The minimum Gasteiger partial charge on any atom is -0.442 e. The fourth-order valence-corrected chi connectivity index (χ4v) is 2.43. The third kappa shape index (κ3) is 5.65. The van der Waals surface area contributed by atoms with Gasteiger partial charge in [-0.1, -0.05) is 20.8 Å². The highest BCUT2D eigenvalue weighted by atomic mass is 16.6. The number of hydrogen-bond donors (Lipinski definition) is 1. The number of nitrogens with zero attached hydrogens (tertiary/aromatic N) is 1. The molecule has 0 radical (unpaired) electrons. The van der Waals surface area contributed by atoms with E-state index < -0.39 is 11.7 Å². The summed E-state index contributed by atoms with van der Waals surface area (Å²) in [5, 5.41) is 1.35. The van der Waals surface area contributed by atoms with Crippen LogP contribution in [0.1, 0.15) is 67.2 Å². The number of hydrazine groups is 1. The van der Waals surface area contributed by atoms with Gasteiger partial charge in [0.25, 0.3) is 0 Å². The average Bonchev–Trinajstić information content (AvgIpc) is 2.44. The number of rotatable bonds is 6. The van der Waals surface area contributed by atoms with Gasteiger partial charge in [0.05, 0.1) is 5.57 Å². The van der Waals surface area contributed by atoms with Gasteiger partial charge in [0.1, 0.15) is 5.60 Å². The van der Waals surface area contributed by atoms with E-state index in [0.29, 0.717) is 31.5 Å². The molecule has 136 valence electrons. The van der Waals surface area contributed by atoms with Crippen LogP contribution in [-0.2, 0) is 14.3 Å². The Hall–Kier alpha value is -1.85. The predicted molar refractivity (Wildman–Crippen MR) is 92.1 cm³/mol. The van der Waals surface area contributed by atoms with Crippen molar-refractivity contribution in [1.29, 1.82) is 0 Å². The van der Waals surface area contributed by atoms with Crippen LogP contribution in [0.3, 0.4) is 0 Å². The number of carbonyl (C=O) groups is 3. The fourth-order valence-electron chi connectivity index (χ4n) is 2.43. The molecule has 0 unspecified atom stereocenters. The summed E-state index contributed by atoms with van der Waals surface area (Å²) in [6.07, 6.45) is 1.83. The predicted octanol–water partition coefficient (Wildman–Crippen LogP) is 3.37.